The van der Waals surface area contributed by atoms with Crippen molar-refractivity contribution < 1.29 is 0 Å². The highest BCUT2D eigenvalue weighted by atomic mass is 15.3. The Bertz CT molecular complexity index is 950. The Hall–Kier alpha value is -2.51. The first-order valence-electron chi connectivity index (χ1n) is 10.0. The van der Waals surface area contributed by atoms with Crippen LogP contribution in [0.5, 0.6) is 0 Å². The number of rotatable bonds is 3. The number of fused-ring (bicyclic) bond motifs is 2. The van der Waals surface area contributed by atoms with E-state index in [9.17, 15) is 0 Å². The van der Waals surface area contributed by atoms with Gasteiger partial charge in [-0.15, -0.1) is 0 Å². The summed E-state index contributed by atoms with van der Waals surface area (Å²) < 4.78 is 4.28. The van der Waals surface area contributed by atoms with Crippen LogP contribution in [-0.2, 0) is 25.7 Å². The van der Waals surface area contributed by atoms with Crippen molar-refractivity contribution in [1.82, 2.24) is 34.1 Å². The molecule has 1 saturated heterocycles. The molecule has 0 radical (unpaired) electrons. The molecule has 146 valence electrons. The molecule has 0 unspecified atom stereocenters. The quantitative estimate of drug-likeness (QED) is 0.700. The number of hydrogen-bond acceptors (Lipinski definition) is 5. The first-order valence-corrected chi connectivity index (χ1v) is 10.0. The predicted molar refractivity (Wildman–Crippen MR) is 107 cm³/mol. The van der Waals surface area contributed by atoms with Crippen molar-refractivity contribution in [3.63, 3.8) is 0 Å². The van der Waals surface area contributed by atoms with Gasteiger partial charge in [0.1, 0.15) is 5.82 Å². The van der Waals surface area contributed by atoms with E-state index in [1.807, 2.05) is 42.6 Å². The lowest BCUT2D eigenvalue weighted by atomic mass is 9.83. The van der Waals surface area contributed by atoms with Crippen LogP contribution in [0.15, 0.2) is 43.1 Å². The van der Waals surface area contributed by atoms with E-state index in [0.717, 1.165) is 51.1 Å². The maximum absolute atomic E-state index is 4.93. The van der Waals surface area contributed by atoms with Gasteiger partial charge in [-0.3, -0.25) is 19.5 Å². The molecule has 1 spiro atoms. The molecule has 3 aromatic rings. The van der Waals surface area contributed by atoms with Crippen molar-refractivity contribution in [2.45, 2.75) is 31.5 Å². The fourth-order valence-electron chi connectivity index (χ4n) is 4.83. The second-order valence-corrected chi connectivity index (χ2v) is 8.11. The van der Waals surface area contributed by atoms with Gasteiger partial charge in [0, 0.05) is 63.9 Å². The normalized spacial score (nSPS) is 19.8. The second kappa shape index (κ2) is 6.83. The molecule has 0 atom stereocenters. The Morgan fingerprint density at radius 1 is 1.04 bits per heavy atom. The average Bonchev–Trinajstić information content (AvgIpc) is 3.34. The minimum Gasteiger partial charge on any atom is -0.325 e. The van der Waals surface area contributed by atoms with Gasteiger partial charge < -0.3 is 4.57 Å². The van der Waals surface area contributed by atoms with Crippen LogP contribution in [0.4, 0.5) is 0 Å². The van der Waals surface area contributed by atoms with Crippen LogP contribution in [0, 0.1) is 0 Å². The molecule has 0 aliphatic carbocycles. The number of likely N-dealkylation sites (tertiary alicyclic amines) is 1. The summed E-state index contributed by atoms with van der Waals surface area (Å²) in [6.45, 7) is 5.17. The standard InChI is InChI=1S/C21H27N7/c1-25-10-11-28-19(18-13-24-26(2)16-18)14-23-20(28)21(25)5-8-27(9-6-21)15-17-4-3-7-22-12-17/h3-4,7,12-14,16H,5-6,8-11,15H2,1-2H3. The number of aromatic nitrogens is 5. The molecule has 28 heavy (non-hydrogen) atoms. The van der Waals surface area contributed by atoms with E-state index in [1.54, 1.807) is 0 Å². The van der Waals surface area contributed by atoms with Gasteiger partial charge in [-0.25, -0.2) is 4.98 Å². The Balaban J connectivity index is 1.40. The number of nitrogens with zero attached hydrogens (tertiary/aromatic N) is 7. The highest BCUT2D eigenvalue weighted by molar-refractivity contribution is 5.57. The van der Waals surface area contributed by atoms with Crippen molar-refractivity contribution in [3.8, 4) is 11.3 Å². The largest absolute Gasteiger partial charge is 0.325 e. The molecule has 0 saturated carbocycles. The highest BCUT2D eigenvalue weighted by Gasteiger charge is 2.45. The Morgan fingerprint density at radius 2 is 1.89 bits per heavy atom. The lowest BCUT2D eigenvalue weighted by molar-refractivity contribution is 0.00698. The summed E-state index contributed by atoms with van der Waals surface area (Å²) in [6.07, 6.45) is 12.1. The Kier molecular flexibility index (Phi) is 4.29. The fraction of sp³-hybridized carbons (Fsp3) is 0.476. The average molecular weight is 377 g/mol. The van der Waals surface area contributed by atoms with E-state index in [0.29, 0.717) is 0 Å². The van der Waals surface area contributed by atoms with Gasteiger partial charge >= 0.3 is 0 Å². The number of pyridine rings is 1. The molecule has 1 fully saturated rings. The van der Waals surface area contributed by atoms with Crippen molar-refractivity contribution in [2.24, 2.45) is 7.05 Å². The first-order chi connectivity index (χ1) is 13.7. The summed E-state index contributed by atoms with van der Waals surface area (Å²) in [7, 11) is 4.23. The Morgan fingerprint density at radius 3 is 2.61 bits per heavy atom. The van der Waals surface area contributed by atoms with Crippen LogP contribution in [0.25, 0.3) is 11.3 Å². The van der Waals surface area contributed by atoms with E-state index in [4.69, 9.17) is 4.98 Å². The number of aryl methyl sites for hydroxylation is 1. The lowest BCUT2D eigenvalue weighted by Crippen LogP contribution is -2.56. The molecule has 2 aliphatic heterocycles. The topological polar surface area (TPSA) is 55.0 Å². The molecule has 0 amide bonds. The zero-order valence-corrected chi connectivity index (χ0v) is 16.6. The molecular weight excluding hydrogens is 350 g/mol. The van der Waals surface area contributed by atoms with E-state index < -0.39 is 0 Å². The number of likely N-dealkylation sites (N-methyl/N-ethyl adjacent to an activating group) is 1. The van der Waals surface area contributed by atoms with E-state index in [-0.39, 0.29) is 5.54 Å². The molecule has 0 bridgehead atoms. The summed E-state index contributed by atoms with van der Waals surface area (Å²) in [5.74, 6) is 1.22. The monoisotopic (exact) mass is 377 g/mol. The SMILES string of the molecule is CN1CCn2c(-c3cnn(C)c3)cnc2C12CCN(Cc1cccnc1)CC2. The van der Waals surface area contributed by atoms with Crippen LogP contribution in [-0.4, -0.2) is 60.8 Å². The first kappa shape index (κ1) is 17.6. The maximum atomic E-state index is 4.93. The molecule has 7 heteroatoms. The van der Waals surface area contributed by atoms with Crippen LogP contribution >= 0.6 is 0 Å². The van der Waals surface area contributed by atoms with Gasteiger partial charge in [-0.2, -0.15) is 5.10 Å². The van der Waals surface area contributed by atoms with Crippen LogP contribution in [0.3, 0.4) is 0 Å². The van der Waals surface area contributed by atoms with Gasteiger partial charge in [0.25, 0.3) is 0 Å². The molecule has 0 aromatic carbocycles. The fourth-order valence-corrected chi connectivity index (χ4v) is 4.83. The molecule has 5 heterocycles. The minimum absolute atomic E-state index is 0.0319. The van der Waals surface area contributed by atoms with Gasteiger partial charge in [0.2, 0.25) is 0 Å². The van der Waals surface area contributed by atoms with Crippen molar-refractivity contribution >= 4 is 0 Å². The smallest absolute Gasteiger partial charge is 0.129 e. The summed E-state index contributed by atoms with van der Waals surface area (Å²) in [4.78, 5) is 14.3. The third-order valence-electron chi connectivity index (χ3n) is 6.47. The third kappa shape index (κ3) is 2.86. The van der Waals surface area contributed by atoms with E-state index in [1.165, 1.54) is 17.1 Å². The molecule has 7 nitrogen and oxygen atoms in total. The van der Waals surface area contributed by atoms with Crippen LogP contribution in [0.1, 0.15) is 24.2 Å². The van der Waals surface area contributed by atoms with Crippen molar-refractivity contribution in [2.75, 3.05) is 26.7 Å². The molecule has 3 aromatic heterocycles. The number of piperidine rings is 1. The third-order valence-corrected chi connectivity index (χ3v) is 6.47. The van der Waals surface area contributed by atoms with Crippen molar-refractivity contribution in [3.05, 3.63) is 54.5 Å². The summed E-state index contributed by atoms with van der Waals surface area (Å²) in [5.41, 5.74) is 3.66. The maximum Gasteiger partial charge on any atom is 0.129 e. The van der Waals surface area contributed by atoms with E-state index in [2.05, 4.69) is 43.8 Å². The van der Waals surface area contributed by atoms with Crippen LogP contribution in [0.2, 0.25) is 0 Å². The summed E-state index contributed by atoms with van der Waals surface area (Å²) in [5, 5.41) is 4.34. The van der Waals surface area contributed by atoms with Gasteiger partial charge in [0.05, 0.1) is 23.6 Å². The lowest BCUT2D eigenvalue weighted by Gasteiger charge is -2.49. The summed E-state index contributed by atoms with van der Waals surface area (Å²) >= 11 is 0. The zero-order valence-electron chi connectivity index (χ0n) is 16.6. The highest BCUT2D eigenvalue weighted by Crippen LogP contribution is 2.41. The minimum atomic E-state index is 0.0319. The number of imidazole rings is 1. The molecular formula is C21H27N7. The summed E-state index contributed by atoms with van der Waals surface area (Å²) in [6, 6.07) is 4.18. The predicted octanol–water partition coefficient (Wildman–Crippen LogP) is 2.12. The van der Waals surface area contributed by atoms with Gasteiger partial charge in [0.15, 0.2) is 0 Å². The molecule has 0 N–H and O–H groups in total. The van der Waals surface area contributed by atoms with E-state index >= 15 is 0 Å². The van der Waals surface area contributed by atoms with Crippen molar-refractivity contribution in [1.29, 1.82) is 0 Å². The zero-order chi connectivity index (χ0) is 19.1. The second-order valence-electron chi connectivity index (χ2n) is 8.11. The van der Waals surface area contributed by atoms with Gasteiger partial charge in [-0.05, 0) is 31.5 Å². The molecule has 5 rings (SSSR count). The van der Waals surface area contributed by atoms with Gasteiger partial charge in [-0.1, -0.05) is 6.07 Å². The van der Waals surface area contributed by atoms with Crippen LogP contribution < -0.4 is 0 Å². The number of hydrogen-bond donors (Lipinski definition) is 0. The molecule has 2 aliphatic rings. The Labute approximate surface area is 165 Å².